The number of ketones is 1. The molecule has 0 fully saturated rings. The zero-order valence-corrected chi connectivity index (χ0v) is 11.1. The highest BCUT2D eigenvalue weighted by atomic mass is 16.6. The van der Waals surface area contributed by atoms with Crippen molar-refractivity contribution in [3.63, 3.8) is 0 Å². The van der Waals surface area contributed by atoms with Crippen LogP contribution in [0.3, 0.4) is 0 Å². The van der Waals surface area contributed by atoms with Crippen LogP contribution in [0.2, 0.25) is 0 Å². The molecule has 6 nitrogen and oxygen atoms in total. The van der Waals surface area contributed by atoms with Gasteiger partial charge in [-0.15, -0.1) is 0 Å². The Morgan fingerprint density at radius 2 is 1.95 bits per heavy atom. The Morgan fingerprint density at radius 3 is 2.53 bits per heavy atom. The first-order chi connectivity index (χ1) is 8.88. The van der Waals surface area contributed by atoms with Gasteiger partial charge >= 0.3 is 6.09 Å². The fourth-order valence-electron chi connectivity index (χ4n) is 1.26. The van der Waals surface area contributed by atoms with Gasteiger partial charge in [-0.3, -0.25) is 9.59 Å². The first-order valence-electron chi connectivity index (χ1n) is 5.67. The maximum absolute atomic E-state index is 11.4. The zero-order valence-electron chi connectivity index (χ0n) is 11.1. The van der Waals surface area contributed by atoms with E-state index in [1.165, 1.54) is 17.9 Å². The Hall–Kier alpha value is -2.37. The number of Topliss-reactive ketones (excluding diaryl/α,β-unsaturated/α-hetero) is 1. The summed E-state index contributed by atoms with van der Waals surface area (Å²) in [5.74, 6) is -0.296. The summed E-state index contributed by atoms with van der Waals surface area (Å²) >= 11 is 0. The highest BCUT2D eigenvalue weighted by Gasteiger charge is 2.09. The third-order valence-electron chi connectivity index (χ3n) is 2.10. The standard InChI is InChI=1S/C13H16N2O4/c1-9(16)7-12(17)14-10-5-4-6-11(8-10)19-13(18)15(2)3/h4-6,8H,7H2,1-3H3,(H,14,17). The Labute approximate surface area is 111 Å². The van der Waals surface area contributed by atoms with Crippen LogP contribution in [0, 0.1) is 0 Å². The van der Waals surface area contributed by atoms with Crippen LogP contribution in [0.15, 0.2) is 24.3 Å². The topological polar surface area (TPSA) is 75.7 Å². The van der Waals surface area contributed by atoms with Gasteiger partial charge in [0.1, 0.15) is 11.5 Å². The van der Waals surface area contributed by atoms with Crippen LogP contribution in [-0.2, 0) is 9.59 Å². The van der Waals surface area contributed by atoms with Crippen molar-refractivity contribution in [2.45, 2.75) is 13.3 Å². The molecule has 0 saturated carbocycles. The molecule has 0 atom stereocenters. The summed E-state index contributed by atoms with van der Waals surface area (Å²) in [6.45, 7) is 1.34. The summed E-state index contributed by atoms with van der Waals surface area (Å²) in [5.41, 5.74) is 0.468. The SMILES string of the molecule is CC(=O)CC(=O)Nc1cccc(OC(=O)N(C)C)c1. The molecule has 0 aliphatic rings. The predicted octanol–water partition coefficient (Wildman–Crippen LogP) is 1.66. The van der Waals surface area contributed by atoms with E-state index in [0.717, 1.165) is 0 Å². The van der Waals surface area contributed by atoms with Gasteiger partial charge in [0.15, 0.2) is 0 Å². The molecule has 0 aliphatic carbocycles. The van der Waals surface area contributed by atoms with Gasteiger partial charge in [0.2, 0.25) is 5.91 Å². The smallest absolute Gasteiger partial charge is 0.410 e. The summed E-state index contributed by atoms with van der Waals surface area (Å²) in [6, 6.07) is 6.40. The van der Waals surface area contributed by atoms with Gasteiger partial charge in [0.25, 0.3) is 0 Å². The predicted molar refractivity (Wildman–Crippen MR) is 70.1 cm³/mol. The molecule has 0 bridgehead atoms. The summed E-state index contributed by atoms with van der Waals surface area (Å²) in [4.78, 5) is 34.9. The molecule has 1 rings (SSSR count). The van der Waals surface area contributed by atoms with E-state index in [1.54, 1.807) is 32.3 Å². The minimum Gasteiger partial charge on any atom is -0.410 e. The van der Waals surface area contributed by atoms with Gasteiger partial charge < -0.3 is 15.0 Å². The number of hydrogen-bond acceptors (Lipinski definition) is 4. The van der Waals surface area contributed by atoms with Crippen LogP contribution >= 0.6 is 0 Å². The van der Waals surface area contributed by atoms with Gasteiger partial charge in [-0.1, -0.05) is 6.07 Å². The number of carbonyl (C=O) groups excluding carboxylic acids is 3. The van der Waals surface area contributed by atoms with E-state index in [9.17, 15) is 14.4 Å². The number of carbonyl (C=O) groups is 3. The molecule has 0 spiro atoms. The van der Waals surface area contributed by atoms with E-state index in [-0.39, 0.29) is 12.2 Å². The molecule has 1 aromatic carbocycles. The van der Waals surface area contributed by atoms with Gasteiger partial charge in [0.05, 0.1) is 6.42 Å². The van der Waals surface area contributed by atoms with Crippen LogP contribution < -0.4 is 10.1 Å². The molecular formula is C13H16N2O4. The lowest BCUT2D eigenvalue weighted by molar-refractivity contribution is -0.124. The zero-order chi connectivity index (χ0) is 14.4. The third kappa shape index (κ3) is 5.20. The fraction of sp³-hybridized carbons (Fsp3) is 0.308. The minimum absolute atomic E-state index is 0.179. The molecule has 1 N–H and O–H groups in total. The van der Waals surface area contributed by atoms with Gasteiger partial charge in [-0.2, -0.15) is 0 Å². The summed E-state index contributed by atoms with van der Waals surface area (Å²) in [5, 5.41) is 2.55. The average Bonchev–Trinajstić information content (AvgIpc) is 2.27. The molecule has 6 heteroatoms. The Bertz CT molecular complexity index is 497. The number of nitrogens with zero attached hydrogens (tertiary/aromatic N) is 1. The van der Waals surface area contributed by atoms with Crippen molar-refractivity contribution in [3.05, 3.63) is 24.3 Å². The first-order valence-corrected chi connectivity index (χ1v) is 5.67. The van der Waals surface area contributed by atoms with Crippen LogP contribution in [0.1, 0.15) is 13.3 Å². The molecule has 0 unspecified atom stereocenters. The molecule has 102 valence electrons. The second kappa shape index (κ2) is 6.53. The monoisotopic (exact) mass is 264 g/mol. The van der Waals surface area contributed by atoms with E-state index in [4.69, 9.17) is 4.74 Å². The number of ether oxygens (including phenoxy) is 1. The summed E-state index contributed by atoms with van der Waals surface area (Å²) in [6.07, 6.45) is -0.686. The molecule has 0 aliphatic heterocycles. The van der Waals surface area contributed by atoms with Crippen molar-refractivity contribution in [2.75, 3.05) is 19.4 Å². The Kier molecular flexibility index (Phi) is 5.05. The minimum atomic E-state index is -0.507. The molecule has 2 amide bonds. The van der Waals surface area contributed by atoms with E-state index in [1.807, 2.05) is 0 Å². The van der Waals surface area contributed by atoms with E-state index in [2.05, 4.69) is 5.32 Å². The summed E-state index contributed by atoms with van der Waals surface area (Å²) in [7, 11) is 3.14. The van der Waals surface area contributed by atoms with E-state index in [0.29, 0.717) is 11.4 Å². The lowest BCUT2D eigenvalue weighted by Crippen LogP contribution is -2.25. The number of anilines is 1. The van der Waals surface area contributed by atoms with E-state index < -0.39 is 12.0 Å². The lowest BCUT2D eigenvalue weighted by Gasteiger charge is -2.11. The van der Waals surface area contributed by atoms with E-state index >= 15 is 0 Å². The largest absolute Gasteiger partial charge is 0.414 e. The number of nitrogens with one attached hydrogen (secondary N) is 1. The lowest BCUT2D eigenvalue weighted by atomic mass is 10.2. The fourth-order valence-corrected chi connectivity index (χ4v) is 1.26. The van der Waals surface area contributed by atoms with Crippen molar-refractivity contribution in [1.29, 1.82) is 0 Å². The highest BCUT2D eigenvalue weighted by molar-refractivity contribution is 6.03. The molecular weight excluding hydrogens is 248 g/mol. The second-order valence-corrected chi connectivity index (χ2v) is 4.22. The second-order valence-electron chi connectivity index (χ2n) is 4.22. The van der Waals surface area contributed by atoms with Crippen LogP contribution in [-0.4, -0.2) is 36.8 Å². The van der Waals surface area contributed by atoms with Gasteiger partial charge in [-0.25, -0.2) is 4.79 Å². The molecule has 0 heterocycles. The highest BCUT2D eigenvalue weighted by Crippen LogP contribution is 2.18. The van der Waals surface area contributed by atoms with Crippen molar-refractivity contribution in [1.82, 2.24) is 4.90 Å². The number of benzene rings is 1. The number of hydrogen-bond donors (Lipinski definition) is 1. The van der Waals surface area contributed by atoms with Crippen molar-refractivity contribution in [2.24, 2.45) is 0 Å². The molecule has 0 radical (unpaired) electrons. The third-order valence-corrected chi connectivity index (χ3v) is 2.10. The Balaban J connectivity index is 2.69. The maximum atomic E-state index is 11.4. The molecule has 19 heavy (non-hydrogen) atoms. The number of rotatable bonds is 4. The molecule has 1 aromatic rings. The quantitative estimate of drug-likeness (QED) is 0.839. The van der Waals surface area contributed by atoms with Crippen LogP contribution in [0.4, 0.5) is 10.5 Å². The normalized spacial score (nSPS) is 9.63. The Morgan fingerprint density at radius 1 is 1.26 bits per heavy atom. The van der Waals surface area contributed by atoms with Crippen molar-refractivity contribution in [3.8, 4) is 5.75 Å². The molecule has 0 aromatic heterocycles. The van der Waals surface area contributed by atoms with Crippen LogP contribution in [0.25, 0.3) is 0 Å². The molecule has 0 saturated heterocycles. The number of amides is 2. The van der Waals surface area contributed by atoms with Crippen molar-refractivity contribution >= 4 is 23.5 Å². The van der Waals surface area contributed by atoms with Gasteiger partial charge in [-0.05, 0) is 19.1 Å². The van der Waals surface area contributed by atoms with Gasteiger partial charge in [0, 0.05) is 25.8 Å². The summed E-state index contributed by atoms with van der Waals surface area (Å²) < 4.78 is 5.05. The average molecular weight is 264 g/mol. The van der Waals surface area contributed by atoms with Crippen LogP contribution in [0.5, 0.6) is 5.75 Å². The van der Waals surface area contributed by atoms with Crippen molar-refractivity contribution < 1.29 is 19.1 Å². The first kappa shape index (κ1) is 14.7. The maximum Gasteiger partial charge on any atom is 0.414 e.